The summed E-state index contributed by atoms with van der Waals surface area (Å²) in [5.74, 6) is 1.47. The third-order valence-electron chi connectivity index (χ3n) is 3.53. The van der Waals surface area contributed by atoms with E-state index >= 15 is 0 Å². The van der Waals surface area contributed by atoms with Crippen LogP contribution in [-0.4, -0.2) is 19.7 Å². The van der Waals surface area contributed by atoms with Gasteiger partial charge in [0.15, 0.2) is 0 Å². The number of rotatable bonds is 4. The molecule has 5 heteroatoms. The zero-order valence-electron chi connectivity index (χ0n) is 12.7. The second-order valence-corrected chi connectivity index (χ2v) is 5.53. The molecular weight excluding hydrogens is 272 g/mol. The van der Waals surface area contributed by atoms with E-state index in [0.29, 0.717) is 5.88 Å². The van der Waals surface area contributed by atoms with Gasteiger partial charge in [-0.2, -0.15) is 5.10 Å². The van der Waals surface area contributed by atoms with Crippen LogP contribution in [0, 0.1) is 13.8 Å². The fraction of sp³-hybridized carbons (Fsp3) is 0.533. The van der Waals surface area contributed by atoms with E-state index in [1.165, 1.54) is 5.56 Å². The van der Waals surface area contributed by atoms with Gasteiger partial charge in [0, 0.05) is 11.6 Å². The minimum Gasteiger partial charge on any atom is -0.239 e. The largest absolute Gasteiger partial charge is 0.239 e. The lowest BCUT2D eigenvalue weighted by Gasteiger charge is -2.11. The highest BCUT2D eigenvalue weighted by Crippen LogP contribution is 2.22. The highest BCUT2D eigenvalue weighted by Gasteiger charge is 2.16. The minimum atomic E-state index is 0.290. The first-order chi connectivity index (χ1) is 9.49. The van der Waals surface area contributed by atoms with Crippen LogP contribution in [0.25, 0.3) is 5.69 Å². The molecule has 0 spiro atoms. The van der Waals surface area contributed by atoms with Gasteiger partial charge in [0.1, 0.15) is 11.5 Å². The average Bonchev–Trinajstić information content (AvgIpc) is 2.72. The Balaban J connectivity index is 2.58. The van der Waals surface area contributed by atoms with Crippen molar-refractivity contribution in [1.82, 2.24) is 19.7 Å². The molecule has 0 saturated heterocycles. The monoisotopic (exact) mass is 292 g/mol. The van der Waals surface area contributed by atoms with E-state index in [1.807, 2.05) is 17.8 Å². The molecule has 0 saturated carbocycles. The standard InChI is InChI=1S/C15H21ClN4/c1-6-12-10(4)19-20(11(12)5)14-8-17-15(9(2)3)18-13(14)7-16/h8-9H,6-7H2,1-5H3. The van der Waals surface area contributed by atoms with Gasteiger partial charge < -0.3 is 0 Å². The zero-order valence-corrected chi connectivity index (χ0v) is 13.5. The van der Waals surface area contributed by atoms with Gasteiger partial charge in [0.25, 0.3) is 0 Å². The molecule has 2 heterocycles. The van der Waals surface area contributed by atoms with Crippen LogP contribution in [0.2, 0.25) is 0 Å². The van der Waals surface area contributed by atoms with E-state index in [-0.39, 0.29) is 5.92 Å². The Labute approximate surface area is 125 Å². The molecule has 0 N–H and O–H groups in total. The first-order valence-corrected chi connectivity index (χ1v) is 7.50. The molecular formula is C15H21ClN4. The summed E-state index contributed by atoms with van der Waals surface area (Å²) in [5.41, 5.74) is 5.18. The van der Waals surface area contributed by atoms with E-state index in [0.717, 1.165) is 35.0 Å². The first kappa shape index (κ1) is 15.0. The lowest BCUT2D eigenvalue weighted by atomic mass is 10.1. The molecule has 0 atom stereocenters. The predicted octanol–water partition coefficient (Wildman–Crippen LogP) is 3.70. The zero-order chi connectivity index (χ0) is 14.9. The van der Waals surface area contributed by atoms with Crippen LogP contribution < -0.4 is 0 Å². The van der Waals surface area contributed by atoms with Crippen LogP contribution in [0.15, 0.2) is 6.20 Å². The summed E-state index contributed by atoms with van der Waals surface area (Å²) in [5, 5.41) is 4.61. The third-order valence-corrected chi connectivity index (χ3v) is 3.78. The number of alkyl halides is 1. The molecule has 2 rings (SSSR count). The van der Waals surface area contributed by atoms with Crippen LogP contribution >= 0.6 is 11.6 Å². The van der Waals surface area contributed by atoms with Crippen molar-refractivity contribution in [2.45, 2.75) is 52.8 Å². The number of hydrogen-bond donors (Lipinski definition) is 0. The second kappa shape index (κ2) is 5.92. The Bertz CT molecular complexity index is 617. The van der Waals surface area contributed by atoms with Crippen LogP contribution in [0.4, 0.5) is 0 Å². The lowest BCUT2D eigenvalue weighted by Crippen LogP contribution is -2.09. The van der Waals surface area contributed by atoms with E-state index in [4.69, 9.17) is 11.6 Å². The molecule has 0 radical (unpaired) electrons. The molecule has 0 unspecified atom stereocenters. The molecule has 0 aliphatic carbocycles. The normalized spacial score (nSPS) is 11.3. The van der Waals surface area contributed by atoms with Crippen molar-refractivity contribution >= 4 is 11.6 Å². The lowest BCUT2D eigenvalue weighted by molar-refractivity contribution is 0.742. The number of aryl methyl sites for hydroxylation is 1. The van der Waals surface area contributed by atoms with Gasteiger partial charge >= 0.3 is 0 Å². The van der Waals surface area contributed by atoms with Crippen LogP contribution in [-0.2, 0) is 12.3 Å². The fourth-order valence-electron chi connectivity index (χ4n) is 2.40. The summed E-state index contributed by atoms with van der Waals surface area (Å²) in [6.45, 7) is 10.4. The van der Waals surface area contributed by atoms with Crippen LogP contribution in [0.5, 0.6) is 0 Å². The summed E-state index contributed by atoms with van der Waals surface area (Å²) in [6, 6.07) is 0. The van der Waals surface area contributed by atoms with Crippen LogP contribution in [0.3, 0.4) is 0 Å². The third kappa shape index (κ3) is 2.57. The van der Waals surface area contributed by atoms with Crippen molar-refractivity contribution in [2.24, 2.45) is 0 Å². The number of nitrogens with zero attached hydrogens (tertiary/aromatic N) is 4. The van der Waals surface area contributed by atoms with Crippen molar-refractivity contribution in [1.29, 1.82) is 0 Å². The highest BCUT2D eigenvalue weighted by molar-refractivity contribution is 6.17. The second-order valence-electron chi connectivity index (χ2n) is 5.26. The molecule has 0 aliphatic heterocycles. The fourth-order valence-corrected chi connectivity index (χ4v) is 2.60. The van der Waals surface area contributed by atoms with Gasteiger partial charge in [-0.1, -0.05) is 20.8 Å². The van der Waals surface area contributed by atoms with Crippen molar-refractivity contribution < 1.29 is 0 Å². The molecule has 4 nitrogen and oxygen atoms in total. The average molecular weight is 293 g/mol. The molecule has 0 fully saturated rings. The Morgan fingerprint density at radius 2 is 2.00 bits per heavy atom. The molecule has 0 aliphatic rings. The van der Waals surface area contributed by atoms with E-state index in [9.17, 15) is 0 Å². The molecule has 20 heavy (non-hydrogen) atoms. The molecule has 0 aromatic carbocycles. The summed E-state index contributed by atoms with van der Waals surface area (Å²) >= 11 is 6.06. The SMILES string of the molecule is CCc1c(C)nn(-c2cnc(C(C)C)nc2CCl)c1C. The Kier molecular flexibility index (Phi) is 4.43. The molecule has 108 valence electrons. The van der Waals surface area contributed by atoms with E-state index in [1.54, 1.807) is 0 Å². The Morgan fingerprint density at radius 1 is 1.30 bits per heavy atom. The summed E-state index contributed by atoms with van der Waals surface area (Å²) in [6.07, 6.45) is 2.80. The molecule has 0 amide bonds. The van der Waals surface area contributed by atoms with E-state index in [2.05, 4.69) is 42.8 Å². The van der Waals surface area contributed by atoms with Crippen molar-refractivity contribution in [3.8, 4) is 5.69 Å². The minimum absolute atomic E-state index is 0.290. The van der Waals surface area contributed by atoms with E-state index < -0.39 is 0 Å². The number of halogens is 1. The first-order valence-electron chi connectivity index (χ1n) is 6.96. The number of hydrogen-bond acceptors (Lipinski definition) is 3. The summed E-state index contributed by atoms with van der Waals surface area (Å²) < 4.78 is 1.91. The Hall–Kier alpha value is -1.42. The van der Waals surface area contributed by atoms with Crippen molar-refractivity contribution in [3.63, 3.8) is 0 Å². The summed E-state index contributed by atoms with van der Waals surface area (Å²) in [7, 11) is 0. The smallest absolute Gasteiger partial charge is 0.131 e. The molecule has 2 aromatic rings. The van der Waals surface area contributed by atoms with Gasteiger partial charge in [0.2, 0.25) is 0 Å². The molecule has 2 aromatic heterocycles. The maximum Gasteiger partial charge on any atom is 0.131 e. The van der Waals surface area contributed by atoms with Gasteiger partial charge in [0.05, 0.1) is 23.5 Å². The predicted molar refractivity (Wildman–Crippen MR) is 81.7 cm³/mol. The van der Waals surface area contributed by atoms with Crippen LogP contribution in [0.1, 0.15) is 55.2 Å². The summed E-state index contributed by atoms with van der Waals surface area (Å²) in [4.78, 5) is 9.01. The van der Waals surface area contributed by atoms with Gasteiger partial charge in [-0.05, 0) is 25.8 Å². The molecule has 0 bridgehead atoms. The van der Waals surface area contributed by atoms with Gasteiger partial charge in [-0.25, -0.2) is 14.6 Å². The maximum absolute atomic E-state index is 6.06. The van der Waals surface area contributed by atoms with Gasteiger partial charge in [-0.15, -0.1) is 11.6 Å². The van der Waals surface area contributed by atoms with Crippen molar-refractivity contribution in [3.05, 3.63) is 34.7 Å². The number of aromatic nitrogens is 4. The van der Waals surface area contributed by atoms with Crippen molar-refractivity contribution in [2.75, 3.05) is 0 Å². The highest BCUT2D eigenvalue weighted by atomic mass is 35.5. The van der Waals surface area contributed by atoms with Gasteiger partial charge in [-0.3, -0.25) is 0 Å². The topological polar surface area (TPSA) is 43.6 Å². The quantitative estimate of drug-likeness (QED) is 0.807. The maximum atomic E-state index is 6.06. The Morgan fingerprint density at radius 3 is 2.50 bits per heavy atom.